The highest BCUT2D eigenvalue weighted by atomic mass is 35.5. The quantitative estimate of drug-likeness (QED) is 0.463. The van der Waals surface area contributed by atoms with Gasteiger partial charge in [0.05, 0.1) is 25.3 Å². The fraction of sp³-hybridized carbons (Fsp3) is 0.292. The zero-order chi connectivity index (χ0) is 22.2. The van der Waals surface area contributed by atoms with Crippen LogP contribution in [-0.4, -0.2) is 66.0 Å². The average Bonchev–Trinajstić information content (AvgIpc) is 3.22. The predicted octanol–water partition coefficient (Wildman–Crippen LogP) is 3.32. The zero-order valence-corrected chi connectivity index (χ0v) is 18.4. The molecule has 0 bridgehead atoms. The molecule has 0 spiro atoms. The molecule has 3 aromatic rings. The molecular weight excluding hydrogens is 430 g/mol. The summed E-state index contributed by atoms with van der Waals surface area (Å²) in [5.41, 5.74) is 2.05. The van der Waals surface area contributed by atoms with E-state index < -0.39 is 0 Å². The van der Waals surface area contributed by atoms with Crippen LogP contribution in [0.5, 0.6) is 5.75 Å². The zero-order valence-electron chi connectivity index (χ0n) is 17.6. The summed E-state index contributed by atoms with van der Waals surface area (Å²) in [7, 11) is 1.55. The molecule has 2 aromatic carbocycles. The van der Waals surface area contributed by atoms with Crippen LogP contribution in [0.15, 0.2) is 42.5 Å². The molecule has 8 heteroatoms. The third kappa shape index (κ3) is 3.52. The Morgan fingerprint density at radius 3 is 2.44 bits per heavy atom. The Bertz CT molecular complexity index is 1210. The van der Waals surface area contributed by atoms with E-state index in [0.717, 1.165) is 18.7 Å². The summed E-state index contributed by atoms with van der Waals surface area (Å²) in [6.45, 7) is 4.27. The van der Waals surface area contributed by atoms with Crippen molar-refractivity contribution in [2.75, 3.05) is 40.0 Å². The SMILES string of the molecule is COc1ccc(-c2nc3c(n2CCN2CCOCC2)C(=O)c2ccccc2C3=O)cc1Cl. The van der Waals surface area contributed by atoms with Crippen molar-refractivity contribution in [3.05, 3.63) is 70.0 Å². The minimum atomic E-state index is -0.235. The summed E-state index contributed by atoms with van der Waals surface area (Å²) in [6.07, 6.45) is 0. The molecule has 0 saturated carbocycles. The second-order valence-corrected chi connectivity index (χ2v) is 8.20. The summed E-state index contributed by atoms with van der Waals surface area (Å²) in [5.74, 6) is 0.671. The van der Waals surface area contributed by atoms with Gasteiger partial charge in [0.15, 0.2) is 0 Å². The largest absolute Gasteiger partial charge is 0.495 e. The molecule has 1 aliphatic carbocycles. The molecule has 32 heavy (non-hydrogen) atoms. The molecular formula is C24H22ClN3O4. The van der Waals surface area contributed by atoms with Crippen molar-refractivity contribution in [1.82, 2.24) is 14.5 Å². The van der Waals surface area contributed by atoms with E-state index in [2.05, 4.69) is 9.88 Å². The highest BCUT2D eigenvalue weighted by molar-refractivity contribution is 6.32. The number of halogens is 1. The van der Waals surface area contributed by atoms with Crippen LogP contribution >= 0.6 is 11.6 Å². The molecule has 0 amide bonds. The number of nitrogens with zero attached hydrogens (tertiary/aromatic N) is 3. The summed E-state index contributed by atoms with van der Waals surface area (Å²) in [6, 6.07) is 12.3. The van der Waals surface area contributed by atoms with E-state index in [0.29, 0.717) is 59.7 Å². The first-order chi connectivity index (χ1) is 15.6. The maximum absolute atomic E-state index is 13.4. The summed E-state index contributed by atoms with van der Waals surface area (Å²) in [5, 5.41) is 0.437. The molecule has 7 nitrogen and oxygen atoms in total. The van der Waals surface area contributed by atoms with Gasteiger partial charge in [-0.3, -0.25) is 14.5 Å². The van der Waals surface area contributed by atoms with E-state index in [9.17, 15) is 9.59 Å². The minimum Gasteiger partial charge on any atom is -0.495 e. The summed E-state index contributed by atoms with van der Waals surface area (Å²) >= 11 is 6.37. The van der Waals surface area contributed by atoms with Crippen LogP contribution in [0.4, 0.5) is 0 Å². The molecule has 1 aliphatic heterocycles. The maximum Gasteiger partial charge on any atom is 0.214 e. The lowest BCUT2D eigenvalue weighted by atomic mass is 9.90. The van der Waals surface area contributed by atoms with Gasteiger partial charge in [-0.05, 0) is 18.2 Å². The molecule has 1 aromatic heterocycles. The van der Waals surface area contributed by atoms with Crippen LogP contribution in [0.3, 0.4) is 0 Å². The monoisotopic (exact) mass is 451 g/mol. The Hall–Kier alpha value is -3.00. The van der Waals surface area contributed by atoms with Crippen LogP contribution in [0.1, 0.15) is 32.1 Å². The lowest BCUT2D eigenvalue weighted by molar-refractivity contribution is 0.0363. The van der Waals surface area contributed by atoms with E-state index in [1.54, 1.807) is 43.5 Å². The number of morpholine rings is 1. The number of carbonyl (C=O) groups excluding carboxylic acids is 2. The Morgan fingerprint density at radius 1 is 1.03 bits per heavy atom. The second kappa shape index (κ2) is 8.50. The van der Waals surface area contributed by atoms with Crippen LogP contribution in [0.2, 0.25) is 5.02 Å². The number of ketones is 2. The predicted molar refractivity (Wildman–Crippen MR) is 120 cm³/mol. The molecule has 2 aliphatic rings. The fourth-order valence-corrected chi connectivity index (χ4v) is 4.54. The van der Waals surface area contributed by atoms with Crippen LogP contribution < -0.4 is 4.74 Å². The van der Waals surface area contributed by atoms with E-state index in [1.165, 1.54) is 0 Å². The standard InChI is InChI=1S/C24H22ClN3O4/c1-31-19-7-6-15(14-18(19)25)24-26-20-21(28(24)9-8-27-10-12-32-13-11-27)23(30)17-5-3-2-4-16(17)22(20)29/h2-7,14H,8-13H2,1H3. The van der Waals surface area contributed by atoms with Gasteiger partial charge in [-0.2, -0.15) is 0 Å². The number of hydrogen-bond donors (Lipinski definition) is 0. The van der Waals surface area contributed by atoms with Gasteiger partial charge >= 0.3 is 0 Å². The summed E-state index contributed by atoms with van der Waals surface area (Å²) in [4.78, 5) is 33.6. The van der Waals surface area contributed by atoms with E-state index in [-0.39, 0.29) is 17.3 Å². The van der Waals surface area contributed by atoms with Crippen molar-refractivity contribution < 1.29 is 19.1 Å². The Labute approximate surface area is 190 Å². The number of ether oxygens (including phenoxy) is 2. The first kappa shape index (κ1) is 20.9. The number of rotatable bonds is 5. The highest BCUT2D eigenvalue weighted by Crippen LogP contribution is 2.34. The maximum atomic E-state index is 13.4. The average molecular weight is 452 g/mol. The fourth-order valence-electron chi connectivity index (χ4n) is 4.29. The molecule has 0 atom stereocenters. The van der Waals surface area contributed by atoms with E-state index in [1.807, 2.05) is 10.6 Å². The molecule has 5 rings (SSSR count). The van der Waals surface area contributed by atoms with Gasteiger partial charge in [-0.25, -0.2) is 4.98 Å². The number of hydrogen-bond acceptors (Lipinski definition) is 6. The molecule has 2 heterocycles. The first-order valence-corrected chi connectivity index (χ1v) is 10.9. The smallest absolute Gasteiger partial charge is 0.214 e. The van der Waals surface area contributed by atoms with Crippen molar-refractivity contribution >= 4 is 23.2 Å². The van der Waals surface area contributed by atoms with Crippen molar-refractivity contribution in [2.45, 2.75) is 6.54 Å². The molecule has 0 N–H and O–H groups in total. The molecule has 0 radical (unpaired) electrons. The van der Waals surface area contributed by atoms with Crippen LogP contribution in [-0.2, 0) is 11.3 Å². The lowest BCUT2D eigenvalue weighted by Gasteiger charge is -2.27. The van der Waals surface area contributed by atoms with E-state index in [4.69, 9.17) is 21.1 Å². The summed E-state index contributed by atoms with van der Waals surface area (Å²) < 4.78 is 12.6. The lowest BCUT2D eigenvalue weighted by Crippen LogP contribution is -2.38. The van der Waals surface area contributed by atoms with Gasteiger partial charge < -0.3 is 14.0 Å². The Morgan fingerprint density at radius 2 is 1.75 bits per heavy atom. The van der Waals surface area contributed by atoms with Gasteiger partial charge in [-0.1, -0.05) is 35.9 Å². The molecule has 164 valence electrons. The van der Waals surface area contributed by atoms with Gasteiger partial charge in [0.1, 0.15) is 23.0 Å². The van der Waals surface area contributed by atoms with Crippen LogP contribution in [0, 0.1) is 0 Å². The number of imidazole rings is 1. The molecule has 0 unspecified atom stereocenters. The third-order valence-corrected chi connectivity index (χ3v) is 6.26. The number of methoxy groups -OCH3 is 1. The second-order valence-electron chi connectivity index (χ2n) is 7.79. The normalized spacial score (nSPS) is 16.1. The number of benzene rings is 2. The Balaban J connectivity index is 1.62. The third-order valence-electron chi connectivity index (χ3n) is 5.97. The molecule has 1 fully saturated rings. The van der Waals surface area contributed by atoms with Crippen molar-refractivity contribution in [2.24, 2.45) is 0 Å². The number of aromatic nitrogens is 2. The minimum absolute atomic E-state index is 0.185. The van der Waals surface area contributed by atoms with Crippen molar-refractivity contribution in [1.29, 1.82) is 0 Å². The number of carbonyl (C=O) groups is 2. The highest BCUT2D eigenvalue weighted by Gasteiger charge is 2.36. The van der Waals surface area contributed by atoms with Crippen molar-refractivity contribution in [3.8, 4) is 17.1 Å². The number of fused-ring (bicyclic) bond motifs is 2. The van der Waals surface area contributed by atoms with Gasteiger partial charge in [0, 0.05) is 42.9 Å². The topological polar surface area (TPSA) is 73.7 Å². The van der Waals surface area contributed by atoms with Gasteiger partial charge in [0.2, 0.25) is 11.6 Å². The van der Waals surface area contributed by atoms with Crippen LogP contribution in [0.25, 0.3) is 11.4 Å². The van der Waals surface area contributed by atoms with Crippen molar-refractivity contribution in [3.63, 3.8) is 0 Å². The van der Waals surface area contributed by atoms with Gasteiger partial charge in [0.25, 0.3) is 0 Å². The first-order valence-electron chi connectivity index (χ1n) is 10.5. The molecule has 1 saturated heterocycles. The Kier molecular flexibility index (Phi) is 5.55. The van der Waals surface area contributed by atoms with Gasteiger partial charge in [-0.15, -0.1) is 0 Å². The van der Waals surface area contributed by atoms with E-state index >= 15 is 0 Å².